The van der Waals surface area contributed by atoms with Crippen molar-refractivity contribution in [2.75, 3.05) is 42.8 Å². The largest absolute Gasteiger partial charge is 0.507 e. The summed E-state index contributed by atoms with van der Waals surface area (Å²) in [5.74, 6) is -2.77. The molecule has 14 N–H and O–H groups in total. The zero-order valence-electron chi connectivity index (χ0n) is 39.1. The first kappa shape index (κ1) is 59.3. The van der Waals surface area contributed by atoms with Gasteiger partial charge in [-0.3, -0.25) is 14.1 Å². The molecule has 410 valence electrons. The van der Waals surface area contributed by atoms with E-state index in [9.17, 15) is 53.2 Å². The van der Waals surface area contributed by atoms with Crippen LogP contribution in [0, 0.1) is 0 Å². The summed E-state index contributed by atoms with van der Waals surface area (Å²) in [6.07, 6.45) is -2.89. The lowest BCUT2D eigenvalue weighted by Gasteiger charge is -2.16. The van der Waals surface area contributed by atoms with Gasteiger partial charge in [0.2, 0.25) is 11.8 Å². The number of fused-ring (bicyclic) bond motifs is 2. The molecule has 6 aromatic carbocycles. The lowest BCUT2D eigenvalue weighted by molar-refractivity contribution is -0.432. The number of carbonyl (C=O) groups excluding carboxylic acids is 2. The smallest absolute Gasteiger partial charge is 0.296 e. The van der Waals surface area contributed by atoms with Gasteiger partial charge in [0.05, 0.1) is 82.4 Å². The number of carbonyl (C=O) groups is 2. The number of aliphatic hydroxyl groups excluding tert-OH is 4. The summed E-state index contributed by atoms with van der Waals surface area (Å²) in [6.45, 7) is -0.299. The molecule has 35 heteroatoms. The number of nitrogens with one attached hydrogen (secondary N) is 2. The molecule has 6 rings (SSSR count). The fourth-order valence-electron chi connectivity index (χ4n) is 6.57. The van der Waals surface area contributed by atoms with Crippen molar-refractivity contribution in [1.29, 1.82) is 0 Å². The van der Waals surface area contributed by atoms with Crippen molar-refractivity contribution in [2.45, 2.75) is 45.6 Å². The number of hydrogen-bond acceptors (Lipinski definition) is 31. The van der Waals surface area contributed by atoms with Crippen LogP contribution in [0.4, 0.5) is 51.2 Å². The summed E-state index contributed by atoms with van der Waals surface area (Å²) < 4.78 is 58.9. The molecule has 2 unspecified atom stereocenters. The van der Waals surface area contributed by atoms with Crippen LogP contribution in [0.1, 0.15) is 13.8 Å². The van der Waals surface area contributed by atoms with E-state index in [1.54, 1.807) is 0 Å². The van der Waals surface area contributed by atoms with Crippen LogP contribution in [0.5, 0.6) is 23.0 Å². The average Bonchev–Trinajstić information content (AvgIpc) is 3.39. The SMILES string of the molecule is CC(=O)Nc1cc(N=Nc2c(SOOO)cc3cc(S(=O)(=O)O)c(N)cc3c2O)c(OCC(O)CO)cc1N=Nc1cc(NC(C)=O)c(N=Nc2cc(SOOO)cc3cc(SOOO)cc(O)c23)cc1OCC(O)CO. The van der Waals surface area contributed by atoms with E-state index in [0.717, 1.165) is 25.1 Å². The minimum Gasteiger partial charge on any atom is -0.507 e. The van der Waals surface area contributed by atoms with Crippen LogP contribution in [0.3, 0.4) is 0 Å². The molecule has 0 radical (unpaired) electrons. The maximum Gasteiger partial charge on any atom is 0.296 e. The van der Waals surface area contributed by atoms with Crippen molar-refractivity contribution >= 4 is 131 Å². The first-order valence-corrected chi connectivity index (χ1v) is 24.7. The number of anilines is 3. The minimum atomic E-state index is -4.84. The predicted molar refractivity (Wildman–Crippen MR) is 269 cm³/mol. The number of hydrogen-bond donors (Lipinski definition) is 13. The van der Waals surface area contributed by atoms with Gasteiger partial charge in [-0.2, -0.15) is 8.42 Å². The highest BCUT2D eigenvalue weighted by atomic mass is 32.2. The lowest BCUT2D eigenvalue weighted by Crippen LogP contribution is -2.21. The molecule has 0 aliphatic rings. The molecule has 77 heavy (non-hydrogen) atoms. The molecule has 0 fully saturated rings. The van der Waals surface area contributed by atoms with E-state index in [0.29, 0.717) is 29.5 Å². The number of nitrogen functional groups attached to an aromatic ring is 1. The van der Waals surface area contributed by atoms with E-state index < -0.39 is 82.6 Å². The molecule has 0 aliphatic heterocycles. The number of amides is 2. The highest BCUT2D eigenvalue weighted by molar-refractivity contribution is 7.95. The Morgan fingerprint density at radius 3 is 1.60 bits per heavy atom. The highest BCUT2D eigenvalue weighted by Gasteiger charge is 2.23. The second-order valence-electron chi connectivity index (χ2n) is 15.3. The standard InChI is InChI=1S/C42H41N9O22S4/c1-18(54)44-28-10-32(36(66-16-22(56)14-52)13-31(28)47-50-34-7-24(74-71-68-60)3-21-4-25(75-72-69-61)8-35(58)40(21)34)48-46-30-12-37(67-17-23(57)15-53)33(11-29(30)45-19(2)55)49-51-41-38(76-73-70-62)5-20-6-39(77(63,64)65)27(43)9-26(20)42(41)59/h3-13,22-23,52-53,56-62H,14-17,43H2,1-2H3,(H,44,54)(H,45,55)(H,63,64,65). The number of rotatable bonds is 26. The van der Waals surface area contributed by atoms with Gasteiger partial charge in [0, 0.05) is 41.2 Å². The molecule has 2 amide bonds. The minimum absolute atomic E-state index is 0.0191. The van der Waals surface area contributed by atoms with Crippen LogP contribution in [0.15, 0.2) is 117 Å². The monoisotopic (exact) mass is 1150 g/mol. The van der Waals surface area contributed by atoms with Crippen LogP contribution >= 0.6 is 36.1 Å². The predicted octanol–water partition coefficient (Wildman–Crippen LogP) is 8.15. The first-order valence-electron chi connectivity index (χ1n) is 21.1. The molecule has 0 spiro atoms. The van der Waals surface area contributed by atoms with Gasteiger partial charge in [0.1, 0.15) is 76.0 Å². The van der Waals surface area contributed by atoms with Gasteiger partial charge in [-0.25, -0.2) is 15.8 Å². The number of aromatic hydroxyl groups is 2. The summed E-state index contributed by atoms with van der Waals surface area (Å²) in [6, 6.07) is 13.6. The zero-order valence-corrected chi connectivity index (χ0v) is 42.4. The van der Waals surface area contributed by atoms with Gasteiger partial charge >= 0.3 is 0 Å². The number of nitrogens with zero attached hydrogens (tertiary/aromatic N) is 6. The first-order chi connectivity index (χ1) is 36.8. The summed E-state index contributed by atoms with van der Waals surface area (Å²) >= 11 is 1.35. The molecular weight excluding hydrogens is 1110 g/mol. The van der Waals surface area contributed by atoms with Crippen molar-refractivity contribution in [2.24, 2.45) is 30.7 Å². The summed E-state index contributed by atoms with van der Waals surface area (Å²) in [7, 11) is -4.84. The third kappa shape index (κ3) is 15.8. The van der Waals surface area contributed by atoms with E-state index in [1.807, 2.05) is 0 Å². The van der Waals surface area contributed by atoms with Crippen LogP contribution in [0.2, 0.25) is 0 Å². The number of ether oxygens (including phenoxy) is 2. The Balaban J connectivity index is 1.50. The molecular formula is C42H41N9O22S4. The van der Waals surface area contributed by atoms with Crippen molar-refractivity contribution in [3.63, 3.8) is 0 Å². The topological polar surface area (TPSA) is 469 Å². The zero-order chi connectivity index (χ0) is 56.0. The van der Waals surface area contributed by atoms with Crippen molar-refractivity contribution < 1.29 is 107 Å². The van der Waals surface area contributed by atoms with Crippen LogP contribution in [0.25, 0.3) is 21.5 Å². The van der Waals surface area contributed by atoms with E-state index in [4.69, 9.17) is 31.0 Å². The summed E-state index contributed by atoms with van der Waals surface area (Å²) in [4.78, 5) is 24.9. The van der Waals surface area contributed by atoms with Gasteiger partial charge in [0.15, 0.2) is 5.75 Å². The lowest BCUT2D eigenvalue weighted by atomic mass is 10.1. The van der Waals surface area contributed by atoms with Crippen LogP contribution in [-0.4, -0.2) is 110 Å². The molecule has 31 nitrogen and oxygen atoms in total. The normalized spacial score (nSPS) is 12.8. The number of nitrogens with two attached hydrogens (primary N) is 1. The number of benzene rings is 6. The van der Waals surface area contributed by atoms with Crippen molar-refractivity contribution in [3.8, 4) is 23.0 Å². The number of phenolic OH excluding ortho intramolecular Hbond substituents is 2. The van der Waals surface area contributed by atoms with Gasteiger partial charge in [0.25, 0.3) is 10.1 Å². The van der Waals surface area contributed by atoms with Gasteiger partial charge < -0.3 is 56.5 Å². The fourth-order valence-corrected chi connectivity index (χ4v) is 8.59. The van der Waals surface area contributed by atoms with E-state index >= 15 is 0 Å². The number of phenols is 2. The maximum atomic E-state index is 12.6. The van der Waals surface area contributed by atoms with Gasteiger partial charge in [-0.15, -0.1) is 43.7 Å². The number of azo groups is 3. The molecule has 0 heterocycles. The second kappa shape index (κ2) is 27.4. The molecule has 6 aromatic rings. The molecule has 0 saturated carbocycles. The van der Waals surface area contributed by atoms with Crippen molar-refractivity contribution in [1.82, 2.24) is 0 Å². The van der Waals surface area contributed by atoms with Gasteiger partial charge in [-0.05, 0) is 65.4 Å². The Morgan fingerprint density at radius 1 is 0.623 bits per heavy atom. The molecule has 0 aromatic heterocycles. The highest BCUT2D eigenvalue weighted by Crippen LogP contribution is 2.48. The summed E-state index contributed by atoms with van der Waals surface area (Å²) in [5.41, 5.74) is 4.03. The molecule has 0 saturated heterocycles. The summed E-state index contributed by atoms with van der Waals surface area (Å²) in [5, 5.41) is 131. The van der Waals surface area contributed by atoms with E-state index in [1.165, 1.54) is 55.5 Å². The third-order valence-corrected chi connectivity index (χ3v) is 12.4. The molecule has 0 bridgehead atoms. The van der Waals surface area contributed by atoms with Crippen LogP contribution in [-0.2, 0) is 47.8 Å². The van der Waals surface area contributed by atoms with E-state index in [-0.39, 0.29) is 99.9 Å². The Morgan fingerprint density at radius 2 is 1.10 bits per heavy atom. The Labute approximate surface area is 444 Å². The van der Waals surface area contributed by atoms with Gasteiger partial charge in [-0.1, -0.05) is 15.1 Å². The second-order valence-corrected chi connectivity index (χ2v) is 18.9. The van der Waals surface area contributed by atoms with E-state index in [2.05, 4.69) is 69.4 Å². The quantitative estimate of drug-likeness (QED) is 0.00608. The Bertz CT molecular complexity index is 3350. The molecule has 0 aliphatic carbocycles. The third-order valence-electron chi connectivity index (χ3n) is 9.74. The maximum absolute atomic E-state index is 12.6. The average molecular weight is 1150 g/mol. The Kier molecular flexibility index (Phi) is 21.1. The van der Waals surface area contributed by atoms with Crippen LogP contribution < -0.4 is 25.8 Å². The number of aliphatic hydroxyl groups is 4. The molecule has 2 atom stereocenters. The Hall–Kier alpha value is -6.98. The van der Waals surface area contributed by atoms with Crippen molar-refractivity contribution in [3.05, 3.63) is 66.7 Å². The fraction of sp³-hybridized carbons (Fsp3) is 0.190.